The summed E-state index contributed by atoms with van der Waals surface area (Å²) in [5.41, 5.74) is 0.962. The van der Waals surface area contributed by atoms with Crippen molar-refractivity contribution in [3.8, 4) is 0 Å². The molecule has 0 amide bonds. The van der Waals surface area contributed by atoms with Crippen molar-refractivity contribution in [2.45, 2.75) is 18.1 Å². The van der Waals surface area contributed by atoms with Crippen molar-refractivity contribution in [3.63, 3.8) is 0 Å². The highest BCUT2D eigenvalue weighted by Gasteiger charge is 2.23. The summed E-state index contributed by atoms with van der Waals surface area (Å²) >= 11 is 8.87. The minimum Gasteiger partial charge on any atom is -0.263 e. The fourth-order valence-corrected chi connectivity index (χ4v) is 3.55. The molecule has 0 unspecified atom stereocenters. The zero-order valence-corrected chi connectivity index (χ0v) is 10.2. The number of halogens is 1. The zero-order chi connectivity index (χ0) is 10.3. The van der Waals surface area contributed by atoms with E-state index in [9.17, 15) is 0 Å². The van der Waals surface area contributed by atoms with Crippen LogP contribution in [0.15, 0.2) is 14.7 Å². The first-order valence-electron chi connectivity index (χ1n) is 4.18. The fraction of sp³-hybridized carbons (Fsp3) is 0.375. The van der Waals surface area contributed by atoms with E-state index in [1.165, 1.54) is 23.3 Å². The van der Waals surface area contributed by atoms with Gasteiger partial charge in [-0.2, -0.15) is 4.40 Å². The number of hydrazine groups is 1. The maximum Gasteiger partial charge on any atom is 0.134 e. The van der Waals surface area contributed by atoms with Crippen molar-refractivity contribution < 1.29 is 0 Å². The molecule has 1 aliphatic rings. The van der Waals surface area contributed by atoms with Gasteiger partial charge in [0.1, 0.15) is 10.0 Å². The van der Waals surface area contributed by atoms with Crippen LogP contribution in [0.4, 0.5) is 5.69 Å². The van der Waals surface area contributed by atoms with E-state index < -0.39 is 0 Å². The number of nitrogens with zero attached hydrogens (tertiary/aromatic N) is 2. The molecule has 1 aromatic heterocycles. The van der Waals surface area contributed by atoms with Gasteiger partial charge in [-0.3, -0.25) is 5.01 Å². The fourth-order valence-electron chi connectivity index (χ4n) is 1.21. The normalized spacial score (nSPS) is 15.8. The van der Waals surface area contributed by atoms with Crippen LogP contribution in [0.2, 0.25) is 4.34 Å². The van der Waals surface area contributed by atoms with E-state index in [-0.39, 0.29) is 0 Å². The Morgan fingerprint density at radius 2 is 2.29 bits per heavy atom. The van der Waals surface area contributed by atoms with Gasteiger partial charge in [-0.15, -0.1) is 11.3 Å². The maximum atomic E-state index is 5.94. The van der Waals surface area contributed by atoms with E-state index in [0.29, 0.717) is 5.92 Å². The van der Waals surface area contributed by atoms with Crippen LogP contribution in [0.1, 0.15) is 13.8 Å². The molecule has 0 atom stereocenters. The SMILES string of the molecule is CC(C)C1=NSc2sc(Cl)cc2N1N. The van der Waals surface area contributed by atoms with Crippen LogP contribution < -0.4 is 10.9 Å². The van der Waals surface area contributed by atoms with Crippen LogP contribution in [0.25, 0.3) is 0 Å². The molecule has 2 rings (SSSR count). The summed E-state index contributed by atoms with van der Waals surface area (Å²) in [4.78, 5) is 0. The quantitative estimate of drug-likeness (QED) is 0.612. The summed E-state index contributed by atoms with van der Waals surface area (Å²) in [5, 5.41) is 1.62. The summed E-state index contributed by atoms with van der Waals surface area (Å²) < 4.78 is 6.16. The molecule has 2 heterocycles. The van der Waals surface area contributed by atoms with E-state index in [1.807, 2.05) is 6.07 Å². The maximum absolute atomic E-state index is 5.94. The highest BCUT2D eigenvalue weighted by molar-refractivity contribution is 8.00. The second-order valence-electron chi connectivity index (χ2n) is 3.29. The van der Waals surface area contributed by atoms with Crippen molar-refractivity contribution in [2.24, 2.45) is 16.2 Å². The van der Waals surface area contributed by atoms with Gasteiger partial charge in [0.15, 0.2) is 0 Å². The predicted molar refractivity (Wildman–Crippen MR) is 64.1 cm³/mol. The summed E-state index contributed by atoms with van der Waals surface area (Å²) in [6.07, 6.45) is 0. The number of fused-ring (bicyclic) bond motifs is 1. The first kappa shape index (κ1) is 10.3. The summed E-state index contributed by atoms with van der Waals surface area (Å²) in [7, 11) is 0. The van der Waals surface area contributed by atoms with Crippen LogP contribution in [0.3, 0.4) is 0 Å². The Kier molecular flexibility index (Phi) is 2.74. The van der Waals surface area contributed by atoms with Crippen LogP contribution >= 0.6 is 34.9 Å². The Morgan fingerprint density at radius 3 is 2.93 bits per heavy atom. The first-order chi connectivity index (χ1) is 6.59. The van der Waals surface area contributed by atoms with Crippen molar-refractivity contribution in [1.82, 2.24) is 0 Å². The van der Waals surface area contributed by atoms with Gasteiger partial charge in [0.2, 0.25) is 0 Å². The summed E-state index contributed by atoms with van der Waals surface area (Å²) in [6.45, 7) is 4.14. The molecule has 3 nitrogen and oxygen atoms in total. The van der Waals surface area contributed by atoms with Gasteiger partial charge in [0.25, 0.3) is 0 Å². The van der Waals surface area contributed by atoms with Gasteiger partial charge < -0.3 is 0 Å². The summed E-state index contributed by atoms with van der Waals surface area (Å²) in [6, 6.07) is 1.88. The smallest absolute Gasteiger partial charge is 0.134 e. The molecule has 2 N–H and O–H groups in total. The molecule has 0 saturated carbocycles. The molecule has 0 spiro atoms. The Hall–Kier alpha value is -0.230. The van der Waals surface area contributed by atoms with Gasteiger partial charge in [-0.1, -0.05) is 25.4 Å². The Balaban J connectivity index is 2.38. The molecule has 0 fully saturated rings. The number of hydrogen-bond acceptors (Lipinski definition) is 5. The van der Waals surface area contributed by atoms with Crippen molar-refractivity contribution in [3.05, 3.63) is 10.4 Å². The number of thiophene rings is 1. The van der Waals surface area contributed by atoms with Crippen molar-refractivity contribution in [2.75, 3.05) is 5.01 Å². The van der Waals surface area contributed by atoms with E-state index in [4.69, 9.17) is 17.4 Å². The van der Waals surface area contributed by atoms with E-state index in [0.717, 1.165) is 20.1 Å². The van der Waals surface area contributed by atoms with Gasteiger partial charge in [-0.25, -0.2) is 5.84 Å². The minimum absolute atomic E-state index is 0.319. The molecule has 0 saturated heterocycles. The molecule has 0 aromatic carbocycles. The minimum atomic E-state index is 0.319. The van der Waals surface area contributed by atoms with Crippen LogP contribution in [-0.2, 0) is 0 Å². The molecule has 0 radical (unpaired) electrons. The predicted octanol–water partition coefficient (Wildman–Crippen LogP) is 3.16. The van der Waals surface area contributed by atoms with E-state index >= 15 is 0 Å². The standard InChI is InChI=1S/C8H10ClN3S2/c1-4(2)7-11-14-8-5(12(7)10)3-6(9)13-8/h3-4H,10H2,1-2H3. The average molecular weight is 248 g/mol. The molecule has 6 heteroatoms. The lowest BCUT2D eigenvalue weighted by molar-refractivity contribution is 0.846. The lowest BCUT2D eigenvalue weighted by Gasteiger charge is -2.25. The Bertz CT molecular complexity index is 386. The van der Waals surface area contributed by atoms with Crippen LogP contribution in [0, 0.1) is 5.92 Å². The number of rotatable bonds is 1. The van der Waals surface area contributed by atoms with Crippen molar-refractivity contribution in [1.29, 1.82) is 0 Å². The zero-order valence-electron chi connectivity index (χ0n) is 7.82. The lowest BCUT2D eigenvalue weighted by Crippen LogP contribution is -2.41. The van der Waals surface area contributed by atoms with Gasteiger partial charge in [0, 0.05) is 17.9 Å². The third-order valence-corrected chi connectivity index (χ3v) is 4.07. The monoisotopic (exact) mass is 247 g/mol. The van der Waals surface area contributed by atoms with Gasteiger partial charge >= 0.3 is 0 Å². The Labute approximate surface area is 96.1 Å². The molecule has 0 bridgehead atoms. The largest absolute Gasteiger partial charge is 0.263 e. The highest BCUT2D eigenvalue weighted by Crippen LogP contribution is 2.43. The van der Waals surface area contributed by atoms with Gasteiger partial charge in [0.05, 0.1) is 10.0 Å². The molecule has 1 aromatic rings. The average Bonchev–Trinajstić information content (AvgIpc) is 2.46. The van der Waals surface area contributed by atoms with E-state index in [1.54, 1.807) is 5.01 Å². The molecule has 0 aliphatic carbocycles. The van der Waals surface area contributed by atoms with Crippen molar-refractivity contribution >= 4 is 46.4 Å². The molecule has 1 aliphatic heterocycles. The number of amidine groups is 1. The molecular formula is C8H10ClN3S2. The second kappa shape index (κ2) is 3.73. The third kappa shape index (κ3) is 1.65. The third-order valence-electron chi connectivity index (χ3n) is 1.89. The number of anilines is 1. The van der Waals surface area contributed by atoms with Crippen LogP contribution in [0.5, 0.6) is 0 Å². The number of hydrogen-bond donors (Lipinski definition) is 1. The van der Waals surface area contributed by atoms with Gasteiger partial charge in [-0.05, 0) is 6.07 Å². The second-order valence-corrected chi connectivity index (χ2v) is 6.00. The first-order valence-corrected chi connectivity index (χ1v) is 6.15. The molecule has 76 valence electrons. The topological polar surface area (TPSA) is 41.6 Å². The summed E-state index contributed by atoms with van der Waals surface area (Å²) in [5.74, 6) is 7.15. The lowest BCUT2D eigenvalue weighted by atomic mass is 10.2. The molecule has 14 heavy (non-hydrogen) atoms. The highest BCUT2D eigenvalue weighted by atomic mass is 35.5. The molecular weight excluding hydrogens is 238 g/mol. The number of nitrogens with two attached hydrogens (primary N) is 1. The Morgan fingerprint density at radius 1 is 1.57 bits per heavy atom. The van der Waals surface area contributed by atoms with Crippen LogP contribution in [-0.4, -0.2) is 5.84 Å². The van der Waals surface area contributed by atoms with E-state index in [2.05, 4.69) is 18.2 Å².